The van der Waals surface area contributed by atoms with E-state index in [1.807, 2.05) is 0 Å². The molecule has 0 bridgehead atoms. The van der Waals surface area contributed by atoms with Crippen molar-refractivity contribution in [2.45, 2.75) is 76.8 Å². The van der Waals surface area contributed by atoms with E-state index < -0.39 is 0 Å². The Bertz CT molecular complexity index is 344. The van der Waals surface area contributed by atoms with Crippen molar-refractivity contribution in [3.63, 3.8) is 0 Å². The Hall–Kier alpha value is -0.160. The van der Waals surface area contributed by atoms with Crippen molar-refractivity contribution in [2.24, 2.45) is 5.92 Å². The normalized spacial score (nSPS) is 40.7. The Morgan fingerprint density at radius 3 is 2.62 bits per heavy atom. The zero-order chi connectivity index (χ0) is 14.9. The molecule has 1 saturated carbocycles. The maximum atomic E-state index is 6.01. The van der Waals surface area contributed by atoms with Crippen LogP contribution >= 0.6 is 0 Å². The maximum Gasteiger partial charge on any atom is 0.170 e. The second-order valence-electron chi connectivity index (χ2n) is 7.30. The molecule has 0 aromatic carbocycles. The lowest BCUT2D eigenvalue weighted by Crippen LogP contribution is -2.60. The highest BCUT2D eigenvalue weighted by Crippen LogP contribution is 2.39. The Morgan fingerprint density at radius 2 is 1.95 bits per heavy atom. The van der Waals surface area contributed by atoms with Gasteiger partial charge < -0.3 is 14.8 Å². The van der Waals surface area contributed by atoms with Crippen molar-refractivity contribution in [2.75, 3.05) is 26.3 Å². The minimum atomic E-state index is -0.278. The van der Waals surface area contributed by atoms with Gasteiger partial charge in [-0.2, -0.15) is 0 Å². The third-order valence-electron chi connectivity index (χ3n) is 5.72. The molecule has 2 heterocycles. The van der Waals surface area contributed by atoms with E-state index in [2.05, 4.69) is 31.0 Å². The number of rotatable bonds is 3. The van der Waals surface area contributed by atoms with Crippen molar-refractivity contribution in [1.29, 1.82) is 0 Å². The summed E-state index contributed by atoms with van der Waals surface area (Å²) in [4.78, 5) is 2.74. The summed E-state index contributed by atoms with van der Waals surface area (Å²) in [5, 5.41) is 3.72. The highest BCUT2D eigenvalue weighted by molar-refractivity contribution is 4.98. The Balaban J connectivity index is 1.73. The molecular formula is C17H32N2O2. The van der Waals surface area contributed by atoms with E-state index in [1.165, 1.54) is 19.4 Å². The summed E-state index contributed by atoms with van der Waals surface area (Å²) in [6.45, 7) is 10.8. The minimum absolute atomic E-state index is 0.278. The number of likely N-dealkylation sites (N-methyl/N-ethyl adjacent to an activating group) is 1. The van der Waals surface area contributed by atoms with Crippen molar-refractivity contribution < 1.29 is 9.47 Å². The molecule has 1 spiro atoms. The minimum Gasteiger partial charge on any atom is -0.347 e. The number of likely N-dealkylation sites (tertiary alicyclic amines) is 1. The molecule has 3 fully saturated rings. The number of hydrogen-bond donors (Lipinski definition) is 1. The van der Waals surface area contributed by atoms with Gasteiger partial charge in [0.2, 0.25) is 0 Å². The maximum absolute atomic E-state index is 6.01. The van der Waals surface area contributed by atoms with E-state index in [0.29, 0.717) is 18.1 Å². The summed E-state index contributed by atoms with van der Waals surface area (Å²) in [6.07, 6.45) is 5.89. The molecule has 0 aromatic rings. The first-order valence-electron chi connectivity index (χ1n) is 8.90. The van der Waals surface area contributed by atoms with Gasteiger partial charge in [-0.1, -0.05) is 13.8 Å². The van der Waals surface area contributed by atoms with Crippen LogP contribution in [-0.2, 0) is 9.47 Å². The predicted octanol–water partition coefficient (Wildman–Crippen LogP) is 2.38. The fourth-order valence-electron chi connectivity index (χ4n) is 4.66. The van der Waals surface area contributed by atoms with Crippen LogP contribution in [0, 0.1) is 5.92 Å². The van der Waals surface area contributed by atoms with Crippen LogP contribution in [0.5, 0.6) is 0 Å². The van der Waals surface area contributed by atoms with Crippen LogP contribution < -0.4 is 5.32 Å². The van der Waals surface area contributed by atoms with Gasteiger partial charge >= 0.3 is 0 Å². The standard InChI is InChI=1S/C17H32N2O2/c1-4-18-15-5-7-17(20-9-10-21-17)12-16(15)19-8-6-13(2)11-14(19)3/h13-16,18H,4-12H2,1-3H3. The summed E-state index contributed by atoms with van der Waals surface area (Å²) in [5.74, 6) is 0.588. The molecule has 2 saturated heterocycles. The molecular weight excluding hydrogens is 264 g/mol. The molecule has 122 valence electrons. The first-order chi connectivity index (χ1) is 10.1. The molecule has 4 nitrogen and oxygen atoms in total. The molecule has 21 heavy (non-hydrogen) atoms. The first-order valence-corrected chi connectivity index (χ1v) is 8.90. The van der Waals surface area contributed by atoms with Gasteiger partial charge in [0.15, 0.2) is 5.79 Å². The summed E-state index contributed by atoms with van der Waals surface area (Å²) >= 11 is 0. The molecule has 0 radical (unpaired) electrons. The van der Waals surface area contributed by atoms with Gasteiger partial charge in [-0.05, 0) is 45.2 Å². The van der Waals surface area contributed by atoms with Gasteiger partial charge in [-0.3, -0.25) is 4.90 Å². The zero-order valence-electron chi connectivity index (χ0n) is 13.9. The van der Waals surface area contributed by atoms with E-state index in [0.717, 1.165) is 44.9 Å². The monoisotopic (exact) mass is 296 g/mol. The van der Waals surface area contributed by atoms with Crippen LogP contribution in [0.3, 0.4) is 0 Å². The molecule has 4 unspecified atom stereocenters. The van der Waals surface area contributed by atoms with E-state index in [4.69, 9.17) is 9.47 Å². The van der Waals surface area contributed by atoms with Crippen LogP contribution in [0.1, 0.15) is 52.9 Å². The Morgan fingerprint density at radius 1 is 1.19 bits per heavy atom. The number of nitrogens with one attached hydrogen (secondary N) is 1. The highest BCUT2D eigenvalue weighted by atomic mass is 16.7. The fourth-order valence-corrected chi connectivity index (χ4v) is 4.66. The Labute approximate surface area is 129 Å². The third kappa shape index (κ3) is 3.29. The second kappa shape index (κ2) is 6.53. The summed E-state index contributed by atoms with van der Waals surface area (Å²) in [7, 11) is 0. The molecule has 4 atom stereocenters. The number of piperidine rings is 1. The first kappa shape index (κ1) is 15.7. The smallest absolute Gasteiger partial charge is 0.170 e. The van der Waals surface area contributed by atoms with Gasteiger partial charge in [0.1, 0.15) is 0 Å². The van der Waals surface area contributed by atoms with Crippen molar-refractivity contribution in [3.8, 4) is 0 Å². The van der Waals surface area contributed by atoms with E-state index in [1.54, 1.807) is 0 Å². The average molecular weight is 296 g/mol. The summed E-state index contributed by atoms with van der Waals surface area (Å²) < 4.78 is 12.0. The van der Waals surface area contributed by atoms with E-state index >= 15 is 0 Å². The molecule has 1 aliphatic carbocycles. The van der Waals surface area contributed by atoms with Crippen LogP contribution in [0.25, 0.3) is 0 Å². The molecule has 0 aromatic heterocycles. The van der Waals surface area contributed by atoms with Gasteiger partial charge in [0.05, 0.1) is 13.2 Å². The number of hydrogen-bond acceptors (Lipinski definition) is 4. The molecule has 4 heteroatoms. The SMILES string of the molecule is CCNC1CCC2(CC1N1CCC(C)CC1C)OCCO2. The molecule has 3 rings (SSSR count). The summed E-state index contributed by atoms with van der Waals surface area (Å²) in [6, 6.07) is 1.82. The van der Waals surface area contributed by atoms with Crippen LogP contribution in [0.2, 0.25) is 0 Å². The van der Waals surface area contributed by atoms with E-state index in [9.17, 15) is 0 Å². The second-order valence-corrected chi connectivity index (χ2v) is 7.30. The fraction of sp³-hybridized carbons (Fsp3) is 1.00. The zero-order valence-corrected chi connectivity index (χ0v) is 13.9. The lowest BCUT2D eigenvalue weighted by molar-refractivity contribution is -0.196. The van der Waals surface area contributed by atoms with Crippen molar-refractivity contribution in [3.05, 3.63) is 0 Å². The Kier molecular flexibility index (Phi) is 4.89. The quantitative estimate of drug-likeness (QED) is 0.867. The lowest BCUT2D eigenvalue weighted by Gasteiger charge is -2.50. The van der Waals surface area contributed by atoms with Gasteiger partial charge in [0, 0.05) is 31.0 Å². The van der Waals surface area contributed by atoms with Crippen LogP contribution in [0.15, 0.2) is 0 Å². The predicted molar refractivity (Wildman–Crippen MR) is 84.3 cm³/mol. The van der Waals surface area contributed by atoms with Gasteiger partial charge in [-0.15, -0.1) is 0 Å². The summed E-state index contributed by atoms with van der Waals surface area (Å²) in [5.41, 5.74) is 0. The number of nitrogens with zero attached hydrogens (tertiary/aromatic N) is 1. The van der Waals surface area contributed by atoms with Crippen molar-refractivity contribution >= 4 is 0 Å². The highest BCUT2D eigenvalue weighted by Gasteiger charge is 2.47. The van der Waals surface area contributed by atoms with E-state index in [-0.39, 0.29) is 5.79 Å². The molecule has 1 N–H and O–H groups in total. The number of ether oxygens (including phenoxy) is 2. The molecule has 0 amide bonds. The van der Waals surface area contributed by atoms with Gasteiger partial charge in [-0.25, -0.2) is 0 Å². The largest absolute Gasteiger partial charge is 0.347 e. The van der Waals surface area contributed by atoms with Crippen LogP contribution in [0.4, 0.5) is 0 Å². The average Bonchev–Trinajstić information content (AvgIpc) is 2.90. The lowest BCUT2D eigenvalue weighted by atomic mass is 9.81. The van der Waals surface area contributed by atoms with Crippen molar-refractivity contribution in [1.82, 2.24) is 10.2 Å². The third-order valence-corrected chi connectivity index (χ3v) is 5.72. The topological polar surface area (TPSA) is 33.7 Å². The van der Waals surface area contributed by atoms with Crippen LogP contribution in [-0.4, -0.2) is 55.1 Å². The molecule has 3 aliphatic rings. The van der Waals surface area contributed by atoms with Gasteiger partial charge in [0.25, 0.3) is 0 Å². The molecule has 2 aliphatic heterocycles.